The SMILES string of the molecule is COC(=O)CCOC1CCCC1N. The lowest BCUT2D eigenvalue weighted by atomic mass is 10.2. The molecule has 2 N–H and O–H groups in total. The molecular formula is C9H17NO3. The second-order valence-electron chi connectivity index (χ2n) is 3.33. The lowest BCUT2D eigenvalue weighted by molar-refractivity contribution is -0.142. The van der Waals surface area contributed by atoms with Gasteiger partial charge in [-0.25, -0.2) is 0 Å². The van der Waals surface area contributed by atoms with Crippen LogP contribution < -0.4 is 5.73 Å². The van der Waals surface area contributed by atoms with Crippen LogP contribution in [0.5, 0.6) is 0 Å². The van der Waals surface area contributed by atoms with Gasteiger partial charge in [0.15, 0.2) is 0 Å². The van der Waals surface area contributed by atoms with Gasteiger partial charge in [-0.2, -0.15) is 0 Å². The van der Waals surface area contributed by atoms with Crippen molar-refractivity contribution in [3.63, 3.8) is 0 Å². The van der Waals surface area contributed by atoms with E-state index in [0.717, 1.165) is 19.3 Å². The highest BCUT2D eigenvalue weighted by Gasteiger charge is 2.24. The van der Waals surface area contributed by atoms with Crippen LogP contribution >= 0.6 is 0 Å². The fourth-order valence-corrected chi connectivity index (χ4v) is 1.56. The third-order valence-corrected chi connectivity index (χ3v) is 2.37. The van der Waals surface area contributed by atoms with Crippen molar-refractivity contribution < 1.29 is 14.3 Å². The first-order valence-corrected chi connectivity index (χ1v) is 4.68. The van der Waals surface area contributed by atoms with Gasteiger partial charge in [-0.1, -0.05) is 0 Å². The van der Waals surface area contributed by atoms with Gasteiger partial charge < -0.3 is 15.2 Å². The molecule has 1 aliphatic rings. The molecule has 0 aromatic carbocycles. The first-order valence-electron chi connectivity index (χ1n) is 4.68. The van der Waals surface area contributed by atoms with E-state index in [1.165, 1.54) is 7.11 Å². The van der Waals surface area contributed by atoms with E-state index >= 15 is 0 Å². The summed E-state index contributed by atoms with van der Waals surface area (Å²) in [5.74, 6) is -0.230. The van der Waals surface area contributed by atoms with E-state index < -0.39 is 0 Å². The molecule has 0 spiro atoms. The molecule has 1 saturated carbocycles. The van der Waals surface area contributed by atoms with Gasteiger partial charge in [-0.05, 0) is 19.3 Å². The summed E-state index contributed by atoms with van der Waals surface area (Å²) >= 11 is 0. The van der Waals surface area contributed by atoms with Crippen molar-refractivity contribution in [2.24, 2.45) is 5.73 Å². The Bertz CT molecular complexity index is 172. The number of carbonyl (C=O) groups is 1. The maximum Gasteiger partial charge on any atom is 0.307 e. The van der Waals surface area contributed by atoms with Gasteiger partial charge >= 0.3 is 5.97 Å². The fourth-order valence-electron chi connectivity index (χ4n) is 1.56. The smallest absolute Gasteiger partial charge is 0.307 e. The second-order valence-corrected chi connectivity index (χ2v) is 3.33. The van der Waals surface area contributed by atoms with Crippen LogP contribution in [0, 0.1) is 0 Å². The van der Waals surface area contributed by atoms with Crippen LogP contribution in [0.4, 0.5) is 0 Å². The van der Waals surface area contributed by atoms with Crippen LogP contribution in [0.25, 0.3) is 0 Å². The molecule has 0 amide bonds. The summed E-state index contributed by atoms with van der Waals surface area (Å²) in [5.41, 5.74) is 5.79. The minimum atomic E-state index is -0.230. The number of hydrogen-bond donors (Lipinski definition) is 1. The summed E-state index contributed by atoms with van der Waals surface area (Å²) in [6, 6.07) is 0.151. The molecule has 1 aliphatic carbocycles. The lowest BCUT2D eigenvalue weighted by Crippen LogP contribution is -2.31. The van der Waals surface area contributed by atoms with E-state index in [2.05, 4.69) is 4.74 Å². The molecule has 0 aromatic rings. The van der Waals surface area contributed by atoms with Crippen LogP contribution in [0.1, 0.15) is 25.7 Å². The van der Waals surface area contributed by atoms with Crippen LogP contribution in [-0.4, -0.2) is 31.8 Å². The zero-order valence-electron chi connectivity index (χ0n) is 7.99. The Labute approximate surface area is 78.4 Å². The molecule has 4 heteroatoms. The molecule has 13 heavy (non-hydrogen) atoms. The van der Waals surface area contributed by atoms with Crippen molar-refractivity contribution in [1.82, 2.24) is 0 Å². The monoisotopic (exact) mass is 187 g/mol. The van der Waals surface area contributed by atoms with Gasteiger partial charge in [0.05, 0.1) is 26.2 Å². The summed E-state index contributed by atoms with van der Waals surface area (Å²) in [6.07, 6.45) is 3.64. The van der Waals surface area contributed by atoms with E-state index in [0.29, 0.717) is 13.0 Å². The van der Waals surface area contributed by atoms with E-state index in [4.69, 9.17) is 10.5 Å². The highest BCUT2D eigenvalue weighted by Crippen LogP contribution is 2.20. The van der Waals surface area contributed by atoms with E-state index in [-0.39, 0.29) is 18.1 Å². The van der Waals surface area contributed by atoms with Crippen LogP contribution in [-0.2, 0) is 14.3 Å². The highest BCUT2D eigenvalue weighted by atomic mass is 16.5. The Morgan fingerprint density at radius 3 is 2.85 bits per heavy atom. The molecule has 76 valence electrons. The van der Waals surface area contributed by atoms with Crippen molar-refractivity contribution >= 4 is 5.97 Å². The number of nitrogens with two attached hydrogens (primary N) is 1. The van der Waals surface area contributed by atoms with Crippen molar-refractivity contribution in [1.29, 1.82) is 0 Å². The van der Waals surface area contributed by atoms with E-state index in [1.807, 2.05) is 0 Å². The zero-order chi connectivity index (χ0) is 9.68. The molecular weight excluding hydrogens is 170 g/mol. The fraction of sp³-hybridized carbons (Fsp3) is 0.889. The topological polar surface area (TPSA) is 61.5 Å². The third kappa shape index (κ3) is 3.32. The number of ether oxygens (including phenoxy) is 2. The van der Waals surface area contributed by atoms with Gasteiger partial charge in [0.2, 0.25) is 0 Å². The minimum Gasteiger partial charge on any atom is -0.469 e. The van der Waals surface area contributed by atoms with E-state index in [1.54, 1.807) is 0 Å². The summed E-state index contributed by atoms with van der Waals surface area (Å²) in [6.45, 7) is 0.422. The Kier molecular flexibility index (Phi) is 4.18. The van der Waals surface area contributed by atoms with Crippen molar-refractivity contribution in [2.75, 3.05) is 13.7 Å². The van der Waals surface area contributed by atoms with E-state index in [9.17, 15) is 4.79 Å². The molecule has 0 bridgehead atoms. The van der Waals surface area contributed by atoms with Crippen LogP contribution in [0.15, 0.2) is 0 Å². The van der Waals surface area contributed by atoms with Gasteiger partial charge in [0.25, 0.3) is 0 Å². The molecule has 0 heterocycles. The standard InChI is InChI=1S/C9H17NO3/c1-12-9(11)5-6-13-8-4-2-3-7(8)10/h7-8H,2-6,10H2,1H3. The predicted molar refractivity (Wildman–Crippen MR) is 48.2 cm³/mol. The van der Waals surface area contributed by atoms with Gasteiger partial charge in [-0.3, -0.25) is 4.79 Å². The molecule has 4 nitrogen and oxygen atoms in total. The van der Waals surface area contributed by atoms with Crippen molar-refractivity contribution in [3.05, 3.63) is 0 Å². The maximum absolute atomic E-state index is 10.7. The van der Waals surface area contributed by atoms with Gasteiger partial charge in [-0.15, -0.1) is 0 Å². The first-order chi connectivity index (χ1) is 6.24. The average molecular weight is 187 g/mol. The number of methoxy groups -OCH3 is 1. The zero-order valence-corrected chi connectivity index (χ0v) is 7.99. The molecule has 1 fully saturated rings. The Morgan fingerprint density at radius 1 is 1.54 bits per heavy atom. The molecule has 2 atom stereocenters. The minimum absolute atomic E-state index is 0.143. The van der Waals surface area contributed by atoms with Crippen LogP contribution in [0.3, 0.4) is 0 Å². The highest BCUT2D eigenvalue weighted by molar-refractivity contribution is 5.69. The molecule has 0 aliphatic heterocycles. The normalized spacial score (nSPS) is 27.5. The van der Waals surface area contributed by atoms with Crippen molar-refractivity contribution in [2.45, 2.75) is 37.8 Å². The summed E-state index contributed by atoms with van der Waals surface area (Å²) < 4.78 is 9.95. The third-order valence-electron chi connectivity index (χ3n) is 2.37. The molecule has 0 saturated heterocycles. The lowest BCUT2D eigenvalue weighted by Gasteiger charge is -2.15. The average Bonchev–Trinajstić information content (AvgIpc) is 2.52. The van der Waals surface area contributed by atoms with Crippen molar-refractivity contribution in [3.8, 4) is 0 Å². The van der Waals surface area contributed by atoms with Crippen LogP contribution in [0.2, 0.25) is 0 Å². The second kappa shape index (κ2) is 5.19. The summed E-state index contributed by atoms with van der Waals surface area (Å²) in [5, 5.41) is 0. The number of esters is 1. The Morgan fingerprint density at radius 2 is 2.31 bits per heavy atom. The molecule has 1 rings (SSSR count). The number of carbonyl (C=O) groups excluding carboxylic acids is 1. The number of hydrogen-bond acceptors (Lipinski definition) is 4. The Hall–Kier alpha value is -0.610. The largest absolute Gasteiger partial charge is 0.469 e. The summed E-state index contributed by atoms with van der Waals surface area (Å²) in [7, 11) is 1.38. The summed E-state index contributed by atoms with van der Waals surface area (Å²) in [4.78, 5) is 10.7. The number of rotatable bonds is 4. The van der Waals surface area contributed by atoms with Gasteiger partial charge in [0.1, 0.15) is 0 Å². The first kappa shape index (κ1) is 10.5. The molecule has 2 unspecified atom stereocenters. The quantitative estimate of drug-likeness (QED) is 0.649. The molecule has 0 radical (unpaired) electrons. The predicted octanol–water partition coefficient (Wildman–Crippen LogP) is 0.446. The molecule has 0 aromatic heterocycles. The maximum atomic E-state index is 10.7. The Balaban J connectivity index is 2.08. The van der Waals surface area contributed by atoms with Gasteiger partial charge in [0, 0.05) is 6.04 Å².